The van der Waals surface area contributed by atoms with E-state index in [4.69, 9.17) is 22.1 Å². The molecule has 1 aromatic rings. The molecule has 134 valence electrons. The van der Waals surface area contributed by atoms with Crippen LogP contribution in [-0.2, 0) is 20.9 Å². The zero-order valence-electron chi connectivity index (χ0n) is 14.1. The van der Waals surface area contributed by atoms with Crippen molar-refractivity contribution in [2.24, 2.45) is 10.7 Å². The predicted molar refractivity (Wildman–Crippen MR) is 96.3 cm³/mol. The molecule has 1 saturated heterocycles. The van der Waals surface area contributed by atoms with Gasteiger partial charge in [-0.25, -0.2) is 0 Å². The minimum absolute atomic E-state index is 0.104. The average molecular weight is 365 g/mol. The first kappa shape index (κ1) is 19.0. The SMILES string of the molecule is CN=C1/C(=C(\N)C(=O)NCc2ccc(Cl)cc2)CNC1COC(C)=O. The Morgan fingerprint density at radius 2 is 2.08 bits per heavy atom. The summed E-state index contributed by atoms with van der Waals surface area (Å²) in [7, 11) is 1.61. The lowest BCUT2D eigenvalue weighted by molar-refractivity contribution is -0.141. The van der Waals surface area contributed by atoms with Crippen LogP contribution in [0.25, 0.3) is 0 Å². The maximum absolute atomic E-state index is 12.3. The number of carbonyl (C=O) groups excluding carboxylic acids is 2. The summed E-state index contributed by atoms with van der Waals surface area (Å²) < 4.78 is 5.00. The summed E-state index contributed by atoms with van der Waals surface area (Å²) in [6.45, 7) is 2.21. The van der Waals surface area contributed by atoms with Crippen molar-refractivity contribution in [3.8, 4) is 0 Å². The number of hydrogen-bond donors (Lipinski definition) is 3. The summed E-state index contributed by atoms with van der Waals surface area (Å²) in [6.07, 6.45) is 0. The summed E-state index contributed by atoms with van der Waals surface area (Å²) in [5.74, 6) is -0.746. The summed E-state index contributed by atoms with van der Waals surface area (Å²) >= 11 is 5.84. The Morgan fingerprint density at radius 1 is 1.40 bits per heavy atom. The van der Waals surface area contributed by atoms with Gasteiger partial charge in [0, 0.05) is 37.7 Å². The second-order valence-electron chi connectivity index (χ2n) is 5.55. The predicted octanol–water partition coefficient (Wildman–Crippen LogP) is 0.775. The number of hydrogen-bond acceptors (Lipinski definition) is 6. The molecule has 2 rings (SSSR count). The smallest absolute Gasteiger partial charge is 0.302 e. The summed E-state index contributed by atoms with van der Waals surface area (Å²) in [4.78, 5) is 27.5. The van der Waals surface area contributed by atoms with Gasteiger partial charge in [-0.1, -0.05) is 23.7 Å². The molecular weight excluding hydrogens is 344 g/mol. The summed E-state index contributed by atoms with van der Waals surface area (Å²) in [5, 5.41) is 6.55. The second-order valence-corrected chi connectivity index (χ2v) is 5.98. The van der Waals surface area contributed by atoms with Gasteiger partial charge < -0.3 is 21.1 Å². The van der Waals surface area contributed by atoms with Crippen LogP contribution in [0.3, 0.4) is 0 Å². The van der Waals surface area contributed by atoms with Crippen LogP contribution in [0.1, 0.15) is 12.5 Å². The maximum atomic E-state index is 12.3. The Kier molecular flexibility index (Phi) is 6.55. The molecule has 1 aliphatic heterocycles. The minimum Gasteiger partial charge on any atom is -0.464 e. The molecule has 1 aromatic carbocycles. The number of nitrogens with one attached hydrogen (secondary N) is 2. The number of aliphatic imine (C=N–C) groups is 1. The van der Waals surface area contributed by atoms with E-state index in [2.05, 4.69) is 15.6 Å². The van der Waals surface area contributed by atoms with Crippen molar-refractivity contribution in [3.05, 3.63) is 46.1 Å². The van der Waals surface area contributed by atoms with Crippen molar-refractivity contribution in [2.75, 3.05) is 20.2 Å². The fourth-order valence-corrected chi connectivity index (χ4v) is 2.63. The van der Waals surface area contributed by atoms with E-state index in [1.165, 1.54) is 6.92 Å². The van der Waals surface area contributed by atoms with Crippen LogP contribution in [0.5, 0.6) is 0 Å². The zero-order chi connectivity index (χ0) is 18.4. The Balaban J connectivity index is 2.03. The quantitative estimate of drug-likeness (QED) is 0.528. The highest BCUT2D eigenvalue weighted by atomic mass is 35.5. The van der Waals surface area contributed by atoms with Crippen LogP contribution in [0.15, 0.2) is 40.5 Å². The largest absolute Gasteiger partial charge is 0.464 e. The number of ether oxygens (including phenoxy) is 1. The molecule has 1 heterocycles. The normalized spacial score (nSPS) is 20.4. The van der Waals surface area contributed by atoms with Gasteiger partial charge in [0.2, 0.25) is 0 Å². The standard InChI is InChI=1S/C17H21ClN4O3/c1-10(23)25-9-14-16(20-2)13(8-21-14)15(19)17(24)22-7-11-3-5-12(18)6-4-11/h3-6,14,21H,7-9,19H2,1-2H3,(H,22,24)/b15-13-,20-16?. The van der Waals surface area contributed by atoms with E-state index in [1.54, 1.807) is 19.2 Å². The van der Waals surface area contributed by atoms with Gasteiger partial charge in [0.25, 0.3) is 5.91 Å². The second kappa shape index (κ2) is 8.64. The Labute approximate surface area is 151 Å². The molecule has 0 spiro atoms. The van der Waals surface area contributed by atoms with Gasteiger partial charge >= 0.3 is 5.97 Å². The Morgan fingerprint density at radius 3 is 2.68 bits per heavy atom. The van der Waals surface area contributed by atoms with E-state index >= 15 is 0 Å². The third-order valence-electron chi connectivity index (χ3n) is 3.79. The Hall–Kier alpha value is -2.38. The van der Waals surface area contributed by atoms with E-state index < -0.39 is 0 Å². The molecule has 0 radical (unpaired) electrons. The highest BCUT2D eigenvalue weighted by Crippen LogP contribution is 2.14. The lowest BCUT2D eigenvalue weighted by Gasteiger charge is -2.12. The van der Waals surface area contributed by atoms with Crippen LogP contribution in [0, 0.1) is 0 Å². The van der Waals surface area contributed by atoms with Crippen molar-refractivity contribution in [3.63, 3.8) is 0 Å². The highest BCUT2D eigenvalue weighted by molar-refractivity contribution is 6.30. The number of nitrogens with zero attached hydrogens (tertiary/aromatic N) is 1. The number of nitrogens with two attached hydrogens (primary N) is 1. The van der Waals surface area contributed by atoms with E-state index in [9.17, 15) is 9.59 Å². The Bertz CT molecular complexity index is 713. The van der Waals surface area contributed by atoms with Gasteiger partial charge in [-0.05, 0) is 17.7 Å². The maximum Gasteiger partial charge on any atom is 0.302 e. The van der Waals surface area contributed by atoms with Crippen molar-refractivity contribution in [2.45, 2.75) is 19.5 Å². The number of carbonyl (C=O) groups is 2. The number of rotatable bonds is 5. The van der Waals surface area contributed by atoms with Crippen LogP contribution in [0.2, 0.25) is 5.02 Å². The molecule has 0 aliphatic carbocycles. The van der Waals surface area contributed by atoms with Gasteiger partial charge in [0.05, 0.1) is 11.8 Å². The molecule has 4 N–H and O–H groups in total. The molecule has 8 heteroatoms. The lowest BCUT2D eigenvalue weighted by Crippen LogP contribution is -2.34. The monoisotopic (exact) mass is 364 g/mol. The van der Waals surface area contributed by atoms with Gasteiger partial charge in [-0.3, -0.25) is 14.6 Å². The molecule has 1 amide bonds. The number of esters is 1. The molecule has 7 nitrogen and oxygen atoms in total. The van der Waals surface area contributed by atoms with E-state index in [0.717, 1.165) is 5.56 Å². The van der Waals surface area contributed by atoms with E-state index in [1.807, 2.05) is 12.1 Å². The number of amides is 1. The molecular formula is C17H21ClN4O3. The first-order chi connectivity index (χ1) is 11.9. The molecule has 0 aromatic heterocycles. The van der Waals surface area contributed by atoms with Crippen LogP contribution in [0.4, 0.5) is 0 Å². The van der Waals surface area contributed by atoms with Gasteiger partial charge in [0.1, 0.15) is 12.3 Å². The van der Waals surface area contributed by atoms with Crippen molar-refractivity contribution in [1.29, 1.82) is 0 Å². The number of halogens is 1. The molecule has 1 aliphatic rings. The topological polar surface area (TPSA) is 106 Å². The fraction of sp³-hybridized carbons (Fsp3) is 0.353. The third kappa shape index (κ3) is 5.04. The van der Waals surface area contributed by atoms with Gasteiger partial charge in [-0.15, -0.1) is 0 Å². The molecule has 25 heavy (non-hydrogen) atoms. The number of benzene rings is 1. The van der Waals surface area contributed by atoms with Gasteiger partial charge in [-0.2, -0.15) is 0 Å². The van der Waals surface area contributed by atoms with Crippen molar-refractivity contribution >= 4 is 29.2 Å². The first-order valence-corrected chi connectivity index (χ1v) is 8.15. The molecule has 1 unspecified atom stereocenters. The van der Waals surface area contributed by atoms with E-state index in [-0.39, 0.29) is 30.2 Å². The van der Waals surface area contributed by atoms with E-state index in [0.29, 0.717) is 29.4 Å². The summed E-state index contributed by atoms with van der Waals surface area (Å²) in [6, 6.07) is 6.90. The van der Waals surface area contributed by atoms with Crippen molar-refractivity contribution < 1.29 is 14.3 Å². The van der Waals surface area contributed by atoms with Gasteiger partial charge in [0.15, 0.2) is 0 Å². The molecule has 0 bridgehead atoms. The van der Waals surface area contributed by atoms with Crippen LogP contribution < -0.4 is 16.4 Å². The third-order valence-corrected chi connectivity index (χ3v) is 4.05. The molecule has 0 saturated carbocycles. The highest BCUT2D eigenvalue weighted by Gasteiger charge is 2.30. The zero-order valence-corrected chi connectivity index (χ0v) is 14.9. The molecule has 1 fully saturated rings. The van der Waals surface area contributed by atoms with Crippen molar-refractivity contribution in [1.82, 2.24) is 10.6 Å². The van der Waals surface area contributed by atoms with Crippen LogP contribution >= 0.6 is 11.6 Å². The fourth-order valence-electron chi connectivity index (χ4n) is 2.50. The van der Waals surface area contributed by atoms with Crippen LogP contribution in [-0.4, -0.2) is 43.8 Å². The minimum atomic E-state index is -0.374. The average Bonchev–Trinajstić information content (AvgIpc) is 3.01. The summed E-state index contributed by atoms with van der Waals surface area (Å²) in [5.41, 5.74) is 8.28. The first-order valence-electron chi connectivity index (χ1n) is 7.77. The molecule has 1 atom stereocenters. The lowest BCUT2D eigenvalue weighted by atomic mass is 10.1.